The van der Waals surface area contributed by atoms with Crippen LogP contribution in [0.2, 0.25) is 5.02 Å². The van der Waals surface area contributed by atoms with E-state index in [9.17, 15) is 14.7 Å². The van der Waals surface area contributed by atoms with E-state index in [2.05, 4.69) is 27.4 Å². The molecule has 0 aliphatic carbocycles. The molecular weight excluding hydrogens is 546 g/mol. The summed E-state index contributed by atoms with van der Waals surface area (Å²) in [5.41, 5.74) is 5.09. The number of hydrogen-bond donors (Lipinski definition) is 4. The fraction of sp³-hybridized carbons (Fsp3) is 0.367. The number of likely N-dealkylation sites (tertiary alicyclic amines) is 1. The lowest BCUT2D eigenvalue weighted by atomic mass is 9.88. The van der Waals surface area contributed by atoms with Crippen LogP contribution in [0.3, 0.4) is 0 Å². The minimum atomic E-state index is -0.819. The minimum Gasteiger partial charge on any atom is -0.447 e. The Labute approximate surface area is 242 Å². The Hall–Kier alpha value is -3.86. The number of halogens is 1. The Balaban J connectivity index is 1.33. The molecule has 4 aromatic rings. The van der Waals surface area contributed by atoms with Crippen LogP contribution in [0, 0.1) is 6.92 Å². The fourth-order valence-corrected chi connectivity index (χ4v) is 5.47. The number of aryl methyl sites for hydroxylation is 1. The molecule has 0 bridgehead atoms. The molecule has 5 rings (SSSR count). The lowest BCUT2D eigenvalue weighted by molar-refractivity contribution is 0.0659. The molecule has 10 nitrogen and oxygen atoms in total. The Morgan fingerprint density at radius 3 is 2.78 bits per heavy atom. The first-order valence-corrected chi connectivity index (χ1v) is 14.0. The van der Waals surface area contributed by atoms with Crippen LogP contribution in [0.5, 0.6) is 0 Å². The van der Waals surface area contributed by atoms with Crippen LogP contribution in [0.1, 0.15) is 41.6 Å². The third-order valence-electron chi connectivity index (χ3n) is 7.45. The number of fused-ring (bicyclic) bond motifs is 1. The first-order chi connectivity index (χ1) is 19.8. The van der Waals surface area contributed by atoms with E-state index in [1.54, 1.807) is 48.5 Å². The van der Waals surface area contributed by atoms with Gasteiger partial charge in [-0.15, -0.1) is 0 Å². The molecule has 216 valence electrons. The van der Waals surface area contributed by atoms with Crippen LogP contribution in [0.25, 0.3) is 22.4 Å². The van der Waals surface area contributed by atoms with E-state index < -0.39 is 6.10 Å². The van der Waals surface area contributed by atoms with Gasteiger partial charge in [0.25, 0.3) is 5.56 Å². The van der Waals surface area contributed by atoms with Gasteiger partial charge in [-0.1, -0.05) is 29.8 Å². The summed E-state index contributed by atoms with van der Waals surface area (Å²) in [6.07, 6.45) is 2.09. The minimum absolute atomic E-state index is 0.179. The number of amides is 1. The van der Waals surface area contributed by atoms with Crippen LogP contribution in [-0.4, -0.2) is 71.0 Å². The highest BCUT2D eigenvalue weighted by Gasteiger charge is 2.26. The van der Waals surface area contributed by atoms with Crippen molar-refractivity contribution in [3.05, 3.63) is 80.7 Å². The molecule has 1 fully saturated rings. The molecule has 0 radical (unpaired) electrons. The second-order valence-corrected chi connectivity index (χ2v) is 10.7. The number of carbonyl (C=O) groups excluding carboxylic acids is 1. The van der Waals surface area contributed by atoms with Gasteiger partial charge in [0.15, 0.2) is 0 Å². The van der Waals surface area contributed by atoms with Crippen LogP contribution in [-0.2, 0) is 9.47 Å². The van der Waals surface area contributed by atoms with E-state index in [0.717, 1.165) is 29.4 Å². The Morgan fingerprint density at radius 2 is 2.02 bits per heavy atom. The zero-order valence-electron chi connectivity index (χ0n) is 23.1. The van der Waals surface area contributed by atoms with Gasteiger partial charge in [0.1, 0.15) is 18.0 Å². The number of nitrogens with one attached hydrogen (secondary N) is 3. The first kappa shape index (κ1) is 28.7. The van der Waals surface area contributed by atoms with Crippen molar-refractivity contribution < 1.29 is 19.4 Å². The maximum atomic E-state index is 13.0. The number of methoxy groups -OCH3 is 1. The molecule has 0 spiro atoms. The Kier molecular flexibility index (Phi) is 8.92. The first-order valence-electron chi connectivity index (χ1n) is 13.6. The summed E-state index contributed by atoms with van der Waals surface area (Å²) in [6.45, 7) is 4.06. The monoisotopic (exact) mass is 579 g/mol. The number of imidazole rings is 1. The number of ether oxygens (including phenoxy) is 2. The smallest absolute Gasteiger partial charge is 0.409 e. The highest BCUT2D eigenvalue weighted by atomic mass is 35.5. The average molecular weight is 580 g/mol. The molecule has 11 heteroatoms. The SMILES string of the molecule is COCCOC(=O)N1CCC(c2cc(C)c3nc(-c4c(NC[C@@H](O)c5cccc(Cl)c5)cc[nH]c4=O)[nH]c3c2)CC1. The largest absolute Gasteiger partial charge is 0.447 e. The number of anilines is 1. The highest BCUT2D eigenvalue weighted by molar-refractivity contribution is 6.30. The number of piperidine rings is 1. The van der Waals surface area contributed by atoms with Crippen molar-refractivity contribution in [3.63, 3.8) is 0 Å². The van der Waals surface area contributed by atoms with Gasteiger partial charge in [-0.05, 0) is 66.6 Å². The lowest BCUT2D eigenvalue weighted by Crippen LogP contribution is -2.38. The predicted octanol–water partition coefficient (Wildman–Crippen LogP) is 4.99. The van der Waals surface area contributed by atoms with Crippen molar-refractivity contribution in [1.29, 1.82) is 0 Å². The molecule has 1 aliphatic heterocycles. The molecular formula is C30H34ClN5O5. The van der Waals surface area contributed by atoms with E-state index in [1.807, 2.05) is 6.92 Å². The quantitative estimate of drug-likeness (QED) is 0.205. The molecule has 0 saturated carbocycles. The molecule has 0 unspecified atom stereocenters. The molecule has 1 saturated heterocycles. The number of aliphatic hydroxyl groups excluding tert-OH is 1. The van der Waals surface area contributed by atoms with E-state index in [0.29, 0.717) is 53.3 Å². The number of aromatic amines is 2. The number of carbonyl (C=O) groups is 1. The third kappa shape index (κ3) is 6.56. The third-order valence-corrected chi connectivity index (χ3v) is 7.69. The van der Waals surface area contributed by atoms with Gasteiger partial charge in [-0.3, -0.25) is 4.79 Å². The summed E-state index contributed by atoms with van der Waals surface area (Å²) in [5.74, 6) is 0.730. The van der Waals surface area contributed by atoms with Gasteiger partial charge in [0.2, 0.25) is 0 Å². The van der Waals surface area contributed by atoms with E-state index in [-0.39, 0.29) is 24.8 Å². The maximum absolute atomic E-state index is 13.0. The standard InChI is InChI=1S/C30H34ClN5O5/c1-18-14-21(19-7-10-36(11-8-19)30(39)41-13-12-40-2)16-24-27(18)35-28(34-24)26-23(6-9-32-29(26)38)33-17-25(37)20-4-3-5-22(31)15-20/h3-6,9,14-16,19,25,37H,7-8,10-13,17H2,1-2H3,(H,34,35)(H2,32,33,38)/t25-/m1/s1. The molecule has 2 aromatic carbocycles. The zero-order valence-corrected chi connectivity index (χ0v) is 23.8. The number of aromatic nitrogens is 3. The Bertz CT molecular complexity index is 1580. The van der Waals surface area contributed by atoms with Gasteiger partial charge in [-0.25, -0.2) is 9.78 Å². The van der Waals surface area contributed by atoms with Crippen molar-refractivity contribution in [1.82, 2.24) is 19.9 Å². The molecule has 41 heavy (non-hydrogen) atoms. The molecule has 1 amide bonds. The summed E-state index contributed by atoms with van der Waals surface area (Å²) in [7, 11) is 1.57. The van der Waals surface area contributed by atoms with E-state index in [4.69, 9.17) is 26.1 Å². The van der Waals surface area contributed by atoms with Crippen molar-refractivity contribution in [3.8, 4) is 11.4 Å². The Morgan fingerprint density at radius 1 is 1.22 bits per heavy atom. The van der Waals surface area contributed by atoms with Crippen molar-refractivity contribution in [2.45, 2.75) is 31.8 Å². The topological polar surface area (TPSA) is 133 Å². The summed E-state index contributed by atoms with van der Waals surface area (Å²) in [4.78, 5) is 37.9. The number of benzene rings is 2. The number of aliphatic hydroxyl groups is 1. The summed E-state index contributed by atoms with van der Waals surface area (Å²) in [5, 5.41) is 14.4. The average Bonchev–Trinajstić information content (AvgIpc) is 3.40. The van der Waals surface area contributed by atoms with Gasteiger partial charge in [0, 0.05) is 38.0 Å². The predicted molar refractivity (Wildman–Crippen MR) is 159 cm³/mol. The van der Waals surface area contributed by atoms with Gasteiger partial charge >= 0.3 is 6.09 Å². The highest BCUT2D eigenvalue weighted by Crippen LogP contribution is 2.33. The van der Waals surface area contributed by atoms with Crippen LogP contribution >= 0.6 is 11.6 Å². The molecule has 4 N–H and O–H groups in total. The van der Waals surface area contributed by atoms with Crippen LogP contribution < -0.4 is 10.9 Å². The molecule has 3 heterocycles. The molecule has 1 aliphatic rings. The summed E-state index contributed by atoms with van der Waals surface area (Å²) < 4.78 is 10.2. The number of pyridine rings is 1. The zero-order chi connectivity index (χ0) is 28.9. The fourth-order valence-electron chi connectivity index (χ4n) is 5.27. The van der Waals surface area contributed by atoms with Crippen LogP contribution in [0.15, 0.2) is 53.5 Å². The van der Waals surface area contributed by atoms with Crippen molar-refractivity contribution in [2.75, 3.05) is 45.3 Å². The second kappa shape index (κ2) is 12.8. The maximum Gasteiger partial charge on any atom is 0.409 e. The van der Waals surface area contributed by atoms with Gasteiger partial charge in [0.05, 0.1) is 29.4 Å². The van der Waals surface area contributed by atoms with Crippen molar-refractivity contribution >= 4 is 34.4 Å². The van der Waals surface area contributed by atoms with Crippen molar-refractivity contribution in [2.24, 2.45) is 0 Å². The van der Waals surface area contributed by atoms with E-state index >= 15 is 0 Å². The number of H-pyrrole nitrogens is 2. The summed E-state index contributed by atoms with van der Waals surface area (Å²) >= 11 is 6.07. The lowest BCUT2D eigenvalue weighted by Gasteiger charge is -2.31. The van der Waals surface area contributed by atoms with Gasteiger partial charge < -0.3 is 34.8 Å². The van der Waals surface area contributed by atoms with E-state index in [1.165, 1.54) is 5.56 Å². The molecule has 1 atom stereocenters. The van der Waals surface area contributed by atoms with Gasteiger partial charge in [-0.2, -0.15) is 0 Å². The number of rotatable bonds is 9. The second-order valence-electron chi connectivity index (χ2n) is 10.2. The number of hydrogen-bond acceptors (Lipinski definition) is 7. The summed E-state index contributed by atoms with van der Waals surface area (Å²) in [6, 6.07) is 13.0. The molecule has 2 aromatic heterocycles. The number of nitrogens with zero attached hydrogens (tertiary/aromatic N) is 2. The normalized spacial score (nSPS) is 14.8. The van der Waals surface area contributed by atoms with Crippen LogP contribution in [0.4, 0.5) is 10.5 Å².